The van der Waals surface area contributed by atoms with Gasteiger partial charge in [0.25, 0.3) is 0 Å². The predicted octanol–water partition coefficient (Wildman–Crippen LogP) is 3.45. The quantitative estimate of drug-likeness (QED) is 0.837. The number of alkyl halides is 1. The second-order valence-electron chi connectivity index (χ2n) is 7.41. The predicted molar refractivity (Wildman–Crippen MR) is 101 cm³/mol. The molecule has 7 heteroatoms. The van der Waals surface area contributed by atoms with E-state index < -0.39 is 11.6 Å². The first kappa shape index (κ1) is 20.2. The van der Waals surface area contributed by atoms with Gasteiger partial charge in [-0.2, -0.15) is 0 Å². The fraction of sp³-hybridized carbons (Fsp3) is 0.429. The van der Waals surface area contributed by atoms with Crippen molar-refractivity contribution in [1.82, 2.24) is 4.98 Å². The van der Waals surface area contributed by atoms with Crippen LogP contribution < -0.4 is 10.5 Å². The molecule has 2 aliphatic rings. The average molecular weight is 390 g/mol. The molecule has 1 fully saturated rings. The SMILES string of the molecule is CC(N)=O.CC1COc2c1cc(C(CO)C1(F)CC1)nc2-c1ccc(F)cc1. The number of primary amides is 1. The van der Waals surface area contributed by atoms with Gasteiger partial charge in [0.2, 0.25) is 5.91 Å². The van der Waals surface area contributed by atoms with Crippen molar-refractivity contribution < 1.29 is 23.4 Å². The Kier molecular flexibility index (Phi) is 5.65. The van der Waals surface area contributed by atoms with E-state index >= 15 is 0 Å². The lowest BCUT2D eigenvalue weighted by atomic mass is 9.93. The summed E-state index contributed by atoms with van der Waals surface area (Å²) in [7, 11) is 0. The molecule has 1 aliphatic heterocycles. The third-order valence-electron chi connectivity index (χ3n) is 5.04. The summed E-state index contributed by atoms with van der Waals surface area (Å²) in [5, 5.41) is 9.71. The van der Waals surface area contributed by atoms with Crippen molar-refractivity contribution in [1.29, 1.82) is 0 Å². The molecule has 1 aromatic carbocycles. The van der Waals surface area contributed by atoms with Crippen molar-refractivity contribution in [3.63, 3.8) is 0 Å². The number of halogens is 2. The number of pyridine rings is 1. The summed E-state index contributed by atoms with van der Waals surface area (Å²) < 4.78 is 33.6. The molecule has 1 aliphatic carbocycles. The Balaban J connectivity index is 0.000000516. The van der Waals surface area contributed by atoms with Crippen LogP contribution in [0.3, 0.4) is 0 Å². The summed E-state index contributed by atoms with van der Waals surface area (Å²) in [4.78, 5) is 13.8. The third-order valence-corrected chi connectivity index (χ3v) is 5.04. The van der Waals surface area contributed by atoms with Crippen LogP contribution in [0.1, 0.15) is 49.8 Å². The summed E-state index contributed by atoms with van der Waals surface area (Å²) in [5.41, 5.74) is 5.95. The molecule has 1 aromatic heterocycles. The lowest BCUT2D eigenvalue weighted by Crippen LogP contribution is -2.20. The third kappa shape index (κ3) is 4.14. The Labute approximate surface area is 162 Å². The first-order valence-corrected chi connectivity index (χ1v) is 9.24. The van der Waals surface area contributed by atoms with E-state index in [0.29, 0.717) is 36.6 Å². The van der Waals surface area contributed by atoms with Gasteiger partial charge in [0.15, 0.2) is 0 Å². The molecule has 5 nitrogen and oxygen atoms in total. The van der Waals surface area contributed by atoms with Crippen molar-refractivity contribution in [2.75, 3.05) is 13.2 Å². The van der Waals surface area contributed by atoms with Gasteiger partial charge < -0.3 is 15.6 Å². The van der Waals surface area contributed by atoms with Crippen molar-refractivity contribution in [3.05, 3.63) is 47.4 Å². The topological polar surface area (TPSA) is 85.4 Å². The summed E-state index contributed by atoms with van der Waals surface area (Å²) in [6, 6.07) is 7.89. The second-order valence-corrected chi connectivity index (χ2v) is 7.41. The highest BCUT2D eigenvalue weighted by Gasteiger charge is 2.51. The highest BCUT2D eigenvalue weighted by Crippen LogP contribution is 2.52. The Morgan fingerprint density at radius 3 is 2.54 bits per heavy atom. The molecule has 0 saturated heterocycles. The molecule has 1 amide bonds. The van der Waals surface area contributed by atoms with E-state index in [-0.39, 0.29) is 24.2 Å². The number of aliphatic hydroxyl groups excluding tert-OH is 1. The normalized spacial score (nSPS) is 19.7. The van der Waals surface area contributed by atoms with E-state index in [1.54, 1.807) is 12.1 Å². The second kappa shape index (κ2) is 7.83. The molecule has 2 atom stereocenters. The standard InChI is InChI=1S/C19H19F2NO2.C2H5NO/c1-11-10-24-18-14(11)8-16(15(9-23)19(21)6-7-19)22-17(18)12-2-4-13(20)5-3-12;1-2(3)4/h2-5,8,11,15,23H,6-7,9-10H2,1H3;1H3,(H2,3,4). The Hall–Kier alpha value is -2.54. The van der Waals surface area contributed by atoms with E-state index in [2.05, 4.69) is 10.7 Å². The Morgan fingerprint density at radius 1 is 1.39 bits per heavy atom. The maximum Gasteiger partial charge on any atom is 0.214 e. The minimum atomic E-state index is -1.36. The molecular formula is C21H24F2N2O3. The lowest BCUT2D eigenvalue weighted by molar-refractivity contribution is -0.115. The lowest BCUT2D eigenvalue weighted by Gasteiger charge is -2.20. The van der Waals surface area contributed by atoms with Gasteiger partial charge in [-0.15, -0.1) is 0 Å². The zero-order chi connectivity index (χ0) is 20.5. The van der Waals surface area contributed by atoms with Crippen LogP contribution in [0.4, 0.5) is 8.78 Å². The van der Waals surface area contributed by atoms with Crippen LogP contribution in [-0.4, -0.2) is 34.9 Å². The van der Waals surface area contributed by atoms with Crippen molar-refractivity contribution in [3.8, 4) is 17.0 Å². The number of hydrogen-bond donors (Lipinski definition) is 2. The molecule has 28 heavy (non-hydrogen) atoms. The van der Waals surface area contributed by atoms with Crippen molar-refractivity contribution in [2.24, 2.45) is 5.73 Å². The first-order valence-electron chi connectivity index (χ1n) is 9.24. The van der Waals surface area contributed by atoms with Gasteiger partial charge >= 0.3 is 0 Å². The number of fused-ring (bicyclic) bond motifs is 1. The van der Waals surface area contributed by atoms with E-state index in [9.17, 15) is 18.7 Å². The highest BCUT2D eigenvalue weighted by molar-refractivity contribution is 5.70. The van der Waals surface area contributed by atoms with Crippen LogP contribution in [0.2, 0.25) is 0 Å². The molecule has 4 rings (SSSR count). The van der Waals surface area contributed by atoms with Crippen LogP contribution in [0.15, 0.2) is 30.3 Å². The molecule has 3 N–H and O–H groups in total. The number of nitrogens with zero attached hydrogens (tertiary/aromatic N) is 1. The van der Waals surface area contributed by atoms with Gasteiger partial charge in [-0.3, -0.25) is 4.79 Å². The zero-order valence-corrected chi connectivity index (χ0v) is 15.9. The van der Waals surface area contributed by atoms with Gasteiger partial charge in [0, 0.05) is 24.0 Å². The number of amides is 1. The minimum absolute atomic E-state index is 0.176. The van der Waals surface area contributed by atoms with E-state index in [1.165, 1.54) is 19.1 Å². The maximum atomic E-state index is 14.6. The Bertz CT molecular complexity index is 863. The summed E-state index contributed by atoms with van der Waals surface area (Å²) >= 11 is 0. The number of ether oxygens (including phenoxy) is 1. The number of aliphatic hydroxyl groups is 1. The van der Waals surface area contributed by atoms with Gasteiger partial charge in [0.05, 0.1) is 24.8 Å². The number of aromatic nitrogens is 1. The maximum absolute atomic E-state index is 14.6. The number of rotatable bonds is 4. The molecule has 0 radical (unpaired) electrons. The first-order chi connectivity index (χ1) is 13.2. The van der Waals surface area contributed by atoms with Gasteiger partial charge in [-0.25, -0.2) is 13.8 Å². The number of carbonyl (C=O) groups excluding carboxylic acids is 1. The monoisotopic (exact) mass is 390 g/mol. The molecule has 2 aromatic rings. The number of benzene rings is 1. The molecule has 0 bridgehead atoms. The fourth-order valence-electron chi connectivity index (χ4n) is 3.36. The summed E-state index contributed by atoms with van der Waals surface area (Å²) in [6.07, 6.45) is 0.907. The zero-order valence-electron chi connectivity index (χ0n) is 15.9. The highest BCUT2D eigenvalue weighted by atomic mass is 19.1. The summed E-state index contributed by atoms with van der Waals surface area (Å²) in [5.74, 6) is -0.433. The van der Waals surface area contributed by atoms with Crippen LogP contribution >= 0.6 is 0 Å². The smallest absolute Gasteiger partial charge is 0.214 e. The fourth-order valence-corrected chi connectivity index (χ4v) is 3.36. The van der Waals surface area contributed by atoms with Crippen LogP contribution in [0.25, 0.3) is 11.3 Å². The molecular weight excluding hydrogens is 366 g/mol. The van der Waals surface area contributed by atoms with Gasteiger partial charge in [0.1, 0.15) is 22.9 Å². The summed E-state index contributed by atoms with van der Waals surface area (Å²) in [6.45, 7) is 3.61. The number of carbonyl (C=O) groups is 1. The van der Waals surface area contributed by atoms with Crippen LogP contribution in [0, 0.1) is 5.82 Å². The molecule has 2 unspecified atom stereocenters. The molecule has 0 spiro atoms. The van der Waals surface area contributed by atoms with Crippen molar-refractivity contribution >= 4 is 5.91 Å². The van der Waals surface area contributed by atoms with Crippen LogP contribution in [0.5, 0.6) is 5.75 Å². The molecule has 1 saturated carbocycles. The minimum Gasteiger partial charge on any atom is -0.490 e. The van der Waals surface area contributed by atoms with E-state index in [0.717, 1.165) is 11.1 Å². The molecule has 150 valence electrons. The van der Waals surface area contributed by atoms with Crippen molar-refractivity contribution in [2.45, 2.75) is 44.2 Å². The van der Waals surface area contributed by atoms with E-state index in [1.807, 2.05) is 13.0 Å². The van der Waals surface area contributed by atoms with Gasteiger partial charge in [-0.1, -0.05) is 6.92 Å². The van der Waals surface area contributed by atoms with Crippen LogP contribution in [-0.2, 0) is 4.79 Å². The molecule has 2 heterocycles. The van der Waals surface area contributed by atoms with E-state index in [4.69, 9.17) is 4.74 Å². The Morgan fingerprint density at radius 2 is 2.00 bits per heavy atom. The largest absolute Gasteiger partial charge is 0.490 e. The number of nitrogens with two attached hydrogens (primary N) is 1. The average Bonchev–Trinajstić information content (AvgIpc) is 3.27. The number of hydrogen-bond acceptors (Lipinski definition) is 4. The van der Waals surface area contributed by atoms with Gasteiger partial charge in [-0.05, 0) is 43.2 Å².